The lowest BCUT2D eigenvalue weighted by atomic mass is 9.81. The van der Waals surface area contributed by atoms with E-state index in [1.807, 2.05) is 18.2 Å². The maximum atomic E-state index is 13.7. The van der Waals surface area contributed by atoms with E-state index in [0.717, 1.165) is 44.9 Å². The van der Waals surface area contributed by atoms with Crippen LogP contribution in [0.5, 0.6) is 0 Å². The largest absolute Gasteiger partial charge is 0.351 e. The molecule has 0 spiro atoms. The summed E-state index contributed by atoms with van der Waals surface area (Å²) in [6.45, 7) is 0.613. The Bertz CT molecular complexity index is 1130. The monoisotopic (exact) mass is 553 g/mol. The van der Waals surface area contributed by atoms with Crippen LogP contribution in [-0.4, -0.2) is 42.0 Å². The van der Waals surface area contributed by atoms with E-state index in [-0.39, 0.29) is 42.5 Å². The van der Waals surface area contributed by atoms with Gasteiger partial charge in [0.15, 0.2) is 17.6 Å². The number of nitrogens with two attached hydrogens (primary N) is 1. The molecule has 7 nitrogen and oxygen atoms in total. The number of Topliss-reactive ketones (excluding diaryl/α,β-unsaturated/α-hetero) is 2. The minimum atomic E-state index is -1.31. The lowest BCUT2D eigenvalue weighted by molar-refractivity contribution is -0.131. The molecule has 2 aliphatic rings. The molecule has 0 saturated heterocycles. The van der Waals surface area contributed by atoms with Crippen LogP contribution in [0.15, 0.2) is 54.6 Å². The summed E-state index contributed by atoms with van der Waals surface area (Å²) in [6.07, 6.45) is 8.27. The standard InChI is InChI=1S/C31H39N3O4.ClH/c32-20-21-14-16-24(17-15-21)30(37)34-28(31(38)33-26-12-5-2-6-13-26)29(36)25-11-7-8-22(18-25)19-27(35)23-9-3-1-4-10-23;/h1,3-4,7-11,18,21,24,26,28H,2,5-6,12-17,19-20,32H2,(H,33,38)(H,34,37);1H. The third-order valence-electron chi connectivity index (χ3n) is 7.99. The summed E-state index contributed by atoms with van der Waals surface area (Å²) < 4.78 is 0. The van der Waals surface area contributed by atoms with E-state index < -0.39 is 17.7 Å². The molecule has 0 radical (unpaired) electrons. The van der Waals surface area contributed by atoms with Crippen molar-refractivity contribution >= 4 is 35.8 Å². The van der Waals surface area contributed by atoms with Gasteiger partial charge >= 0.3 is 0 Å². The average molecular weight is 554 g/mol. The molecule has 4 N–H and O–H groups in total. The van der Waals surface area contributed by atoms with Crippen LogP contribution in [-0.2, 0) is 16.0 Å². The van der Waals surface area contributed by atoms with E-state index >= 15 is 0 Å². The number of carbonyl (C=O) groups is 4. The number of nitrogens with one attached hydrogen (secondary N) is 2. The Labute approximate surface area is 237 Å². The second-order valence-corrected chi connectivity index (χ2v) is 10.8. The molecular weight excluding hydrogens is 514 g/mol. The van der Waals surface area contributed by atoms with Crippen molar-refractivity contribution in [1.29, 1.82) is 0 Å². The van der Waals surface area contributed by atoms with Crippen LogP contribution in [0.1, 0.15) is 84.1 Å². The molecule has 2 aromatic rings. The third-order valence-corrected chi connectivity index (χ3v) is 7.99. The highest BCUT2D eigenvalue weighted by molar-refractivity contribution is 6.15. The number of ketones is 2. The molecule has 2 fully saturated rings. The summed E-state index contributed by atoms with van der Waals surface area (Å²) in [5, 5.41) is 5.81. The van der Waals surface area contributed by atoms with Gasteiger partial charge in [-0.05, 0) is 62.6 Å². The maximum absolute atomic E-state index is 13.7. The van der Waals surface area contributed by atoms with Crippen LogP contribution in [0, 0.1) is 11.8 Å². The summed E-state index contributed by atoms with van der Waals surface area (Å²) in [7, 11) is 0. The first-order chi connectivity index (χ1) is 18.4. The van der Waals surface area contributed by atoms with Crippen LogP contribution in [0.2, 0.25) is 0 Å². The lowest BCUT2D eigenvalue weighted by Crippen LogP contribution is -2.55. The van der Waals surface area contributed by atoms with Gasteiger partial charge < -0.3 is 16.4 Å². The molecule has 0 aliphatic heterocycles. The van der Waals surface area contributed by atoms with Crippen molar-refractivity contribution in [3.05, 3.63) is 71.3 Å². The van der Waals surface area contributed by atoms with Crippen molar-refractivity contribution in [3.63, 3.8) is 0 Å². The molecular formula is C31H40ClN3O4. The normalized spacial score (nSPS) is 20.2. The van der Waals surface area contributed by atoms with Gasteiger partial charge in [0.1, 0.15) is 0 Å². The van der Waals surface area contributed by atoms with Crippen molar-refractivity contribution < 1.29 is 19.2 Å². The summed E-state index contributed by atoms with van der Waals surface area (Å²) >= 11 is 0. The molecule has 2 aromatic carbocycles. The van der Waals surface area contributed by atoms with Crippen LogP contribution in [0.25, 0.3) is 0 Å². The van der Waals surface area contributed by atoms with Gasteiger partial charge in [0.2, 0.25) is 5.91 Å². The lowest BCUT2D eigenvalue weighted by Gasteiger charge is -2.29. The third kappa shape index (κ3) is 8.48. The van der Waals surface area contributed by atoms with Crippen molar-refractivity contribution in [2.75, 3.05) is 6.54 Å². The Hall–Kier alpha value is -3.03. The topological polar surface area (TPSA) is 118 Å². The molecule has 1 unspecified atom stereocenters. The Morgan fingerprint density at radius 3 is 2.15 bits per heavy atom. The minimum absolute atomic E-state index is 0. The number of carbonyl (C=O) groups excluding carboxylic acids is 4. The maximum Gasteiger partial charge on any atom is 0.250 e. The van der Waals surface area contributed by atoms with E-state index in [9.17, 15) is 19.2 Å². The van der Waals surface area contributed by atoms with Gasteiger partial charge in [-0.1, -0.05) is 67.8 Å². The fourth-order valence-corrected chi connectivity index (χ4v) is 5.61. The summed E-state index contributed by atoms with van der Waals surface area (Å²) in [4.78, 5) is 52.9. The van der Waals surface area contributed by atoms with Gasteiger partial charge in [0.05, 0.1) is 0 Å². The fraction of sp³-hybridized carbons (Fsp3) is 0.484. The number of rotatable bonds is 10. The molecule has 0 bridgehead atoms. The fourth-order valence-electron chi connectivity index (χ4n) is 5.61. The highest BCUT2D eigenvalue weighted by Gasteiger charge is 2.34. The highest BCUT2D eigenvalue weighted by atomic mass is 35.5. The van der Waals surface area contributed by atoms with E-state index in [0.29, 0.717) is 42.0 Å². The summed E-state index contributed by atoms with van der Waals surface area (Å²) in [5.41, 5.74) is 7.38. The predicted octanol–water partition coefficient (Wildman–Crippen LogP) is 4.42. The van der Waals surface area contributed by atoms with Crippen molar-refractivity contribution in [2.45, 2.75) is 76.3 Å². The predicted molar refractivity (Wildman–Crippen MR) is 154 cm³/mol. The van der Waals surface area contributed by atoms with E-state index in [1.165, 1.54) is 0 Å². The Kier molecular flexibility index (Phi) is 11.7. The molecule has 1 atom stereocenters. The van der Waals surface area contributed by atoms with Gasteiger partial charge in [-0.15, -0.1) is 12.4 Å². The van der Waals surface area contributed by atoms with E-state index in [2.05, 4.69) is 10.6 Å². The number of amides is 2. The van der Waals surface area contributed by atoms with Crippen molar-refractivity contribution in [2.24, 2.45) is 17.6 Å². The molecule has 0 aromatic heterocycles. The molecule has 8 heteroatoms. The number of hydrogen-bond donors (Lipinski definition) is 3. The van der Waals surface area contributed by atoms with Gasteiger partial charge in [-0.25, -0.2) is 0 Å². The van der Waals surface area contributed by atoms with Crippen LogP contribution < -0.4 is 16.4 Å². The Morgan fingerprint density at radius 2 is 1.49 bits per heavy atom. The zero-order valence-corrected chi connectivity index (χ0v) is 23.2. The Balaban J connectivity index is 0.00000420. The second-order valence-electron chi connectivity index (χ2n) is 10.8. The molecule has 2 saturated carbocycles. The van der Waals surface area contributed by atoms with Crippen molar-refractivity contribution in [3.8, 4) is 0 Å². The molecule has 0 heterocycles. The van der Waals surface area contributed by atoms with Crippen LogP contribution in [0.3, 0.4) is 0 Å². The van der Waals surface area contributed by atoms with Crippen molar-refractivity contribution in [1.82, 2.24) is 10.6 Å². The van der Waals surface area contributed by atoms with Gasteiger partial charge in [-0.2, -0.15) is 0 Å². The Morgan fingerprint density at radius 1 is 0.821 bits per heavy atom. The van der Waals surface area contributed by atoms with Crippen LogP contribution in [0.4, 0.5) is 0 Å². The molecule has 2 aliphatic carbocycles. The van der Waals surface area contributed by atoms with Crippen LogP contribution >= 0.6 is 12.4 Å². The van der Waals surface area contributed by atoms with Gasteiger partial charge in [-0.3, -0.25) is 19.2 Å². The van der Waals surface area contributed by atoms with Gasteiger partial charge in [0.25, 0.3) is 5.91 Å². The summed E-state index contributed by atoms with van der Waals surface area (Å²) in [6, 6.07) is 14.5. The first-order valence-electron chi connectivity index (χ1n) is 14.0. The van der Waals surface area contributed by atoms with Gasteiger partial charge in [0, 0.05) is 29.5 Å². The quantitative estimate of drug-likeness (QED) is 0.297. The molecule has 210 valence electrons. The zero-order chi connectivity index (χ0) is 26.9. The minimum Gasteiger partial charge on any atom is -0.351 e. The second kappa shape index (κ2) is 14.9. The first-order valence-corrected chi connectivity index (χ1v) is 14.0. The number of hydrogen-bond acceptors (Lipinski definition) is 5. The SMILES string of the molecule is Cl.NCC1CCC(C(=O)NC(C(=O)NC2CCCCC2)C(=O)c2cccc(CC(=O)c3ccccc3)c2)CC1. The smallest absolute Gasteiger partial charge is 0.250 e. The summed E-state index contributed by atoms with van der Waals surface area (Å²) in [5.74, 6) is -1.04. The molecule has 2 amide bonds. The average Bonchev–Trinajstić information content (AvgIpc) is 2.96. The molecule has 4 rings (SSSR count). The molecule has 39 heavy (non-hydrogen) atoms. The highest BCUT2D eigenvalue weighted by Crippen LogP contribution is 2.28. The van der Waals surface area contributed by atoms with E-state index in [1.54, 1.807) is 36.4 Å². The van der Waals surface area contributed by atoms with E-state index in [4.69, 9.17) is 5.73 Å². The zero-order valence-electron chi connectivity index (χ0n) is 22.4. The first kappa shape index (κ1) is 30.5. The number of halogens is 1. The number of benzene rings is 2.